The number of carbonyl (C=O) groups is 1. The summed E-state index contributed by atoms with van der Waals surface area (Å²) in [5, 5.41) is 17.1. The summed E-state index contributed by atoms with van der Waals surface area (Å²) in [6.45, 7) is 4.31. The van der Waals surface area contributed by atoms with Crippen molar-refractivity contribution in [1.82, 2.24) is 19.8 Å². The maximum absolute atomic E-state index is 12.8. The van der Waals surface area contributed by atoms with Gasteiger partial charge in [0.25, 0.3) is 5.91 Å². The monoisotopic (exact) mass is 612 g/mol. The Balaban J connectivity index is 1.10. The van der Waals surface area contributed by atoms with Crippen LogP contribution in [-0.4, -0.2) is 46.5 Å². The summed E-state index contributed by atoms with van der Waals surface area (Å²) in [5.74, 6) is 0.0600. The number of hydrogen-bond donors (Lipinski definition) is 1. The molecule has 10 heteroatoms. The van der Waals surface area contributed by atoms with E-state index in [0.717, 1.165) is 30.0 Å². The van der Waals surface area contributed by atoms with E-state index in [4.69, 9.17) is 16.9 Å². The molecule has 1 saturated heterocycles. The molecular formula is C32H29ClN6OS2. The topological polar surface area (TPSA) is 77.2 Å². The van der Waals surface area contributed by atoms with Crippen LogP contribution in [-0.2, 0) is 13.1 Å². The van der Waals surface area contributed by atoms with Gasteiger partial charge in [-0.3, -0.25) is 4.79 Å². The van der Waals surface area contributed by atoms with Crippen molar-refractivity contribution in [2.45, 2.75) is 19.1 Å². The SMILES string of the molecule is N#Cc1ccc(Cn2cncc2CNC(c2ccc(N3CCN(C(=O)c4ccc(Cl)s4)CC3)cc2)c2ccsc2)cc1. The Kier molecular flexibility index (Phi) is 8.68. The first-order valence-electron chi connectivity index (χ1n) is 13.7. The Hall–Kier alpha value is -3.94. The summed E-state index contributed by atoms with van der Waals surface area (Å²) < 4.78 is 2.78. The number of piperazine rings is 1. The highest BCUT2D eigenvalue weighted by molar-refractivity contribution is 7.18. The number of halogens is 1. The van der Waals surface area contributed by atoms with E-state index in [0.29, 0.717) is 41.0 Å². The maximum Gasteiger partial charge on any atom is 0.264 e. The number of nitriles is 1. The van der Waals surface area contributed by atoms with Crippen molar-refractivity contribution in [2.75, 3.05) is 31.1 Å². The van der Waals surface area contributed by atoms with Crippen LogP contribution >= 0.6 is 34.3 Å². The number of thiophene rings is 2. The fourth-order valence-electron chi connectivity index (χ4n) is 5.22. The van der Waals surface area contributed by atoms with Gasteiger partial charge in [-0.2, -0.15) is 16.6 Å². The lowest BCUT2D eigenvalue weighted by Gasteiger charge is -2.36. The van der Waals surface area contributed by atoms with E-state index >= 15 is 0 Å². The van der Waals surface area contributed by atoms with Crippen LogP contribution in [0.4, 0.5) is 5.69 Å². The number of anilines is 1. The van der Waals surface area contributed by atoms with Crippen LogP contribution in [0.15, 0.2) is 90.0 Å². The van der Waals surface area contributed by atoms with Gasteiger partial charge in [0.1, 0.15) is 0 Å². The minimum atomic E-state index is 0.0376. The average Bonchev–Trinajstić information content (AvgIpc) is 3.81. The second-order valence-electron chi connectivity index (χ2n) is 10.2. The molecule has 2 aromatic carbocycles. The van der Waals surface area contributed by atoms with E-state index in [-0.39, 0.29) is 11.9 Å². The summed E-state index contributed by atoms with van der Waals surface area (Å²) >= 11 is 9.06. The molecule has 6 rings (SSSR count). The van der Waals surface area contributed by atoms with Crippen molar-refractivity contribution in [3.63, 3.8) is 0 Å². The molecule has 42 heavy (non-hydrogen) atoms. The molecule has 5 aromatic rings. The first-order valence-corrected chi connectivity index (χ1v) is 15.8. The highest BCUT2D eigenvalue weighted by atomic mass is 35.5. The van der Waals surface area contributed by atoms with Gasteiger partial charge in [-0.25, -0.2) is 4.98 Å². The number of nitrogens with zero attached hydrogens (tertiary/aromatic N) is 5. The predicted octanol–water partition coefficient (Wildman–Crippen LogP) is 6.42. The first kappa shape index (κ1) is 28.2. The molecule has 1 aliphatic heterocycles. The third kappa shape index (κ3) is 6.42. The van der Waals surface area contributed by atoms with Crippen molar-refractivity contribution in [3.8, 4) is 6.07 Å². The highest BCUT2D eigenvalue weighted by Crippen LogP contribution is 2.28. The van der Waals surface area contributed by atoms with Gasteiger partial charge in [-0.05, 0) is 69.9 Å². The van der Waals surface area contributed by atoms with E-state index in [1.165, 1.54) is 22.5 Å². The number of amides is 1. The molecule has 0 saturated carbocycles. The van der Waals surface area contributed by atoms with Crippen molar-refractivity contribution in [2.24, 2.45) is 0 Å². The molecule has 1 amide bonds. The number of imidazole rings is 1. The van der Waals surface area contributed by atoms with Gasteiger partial charge in [0.05, 0.1) is 38.9 Å². The first-order chi connectivity index (χ1) is 20.6. The summed E-state index contributed by atoms with van der Waals surface area (Å²) in [6.07, 6.45) is 3.76. The lowest BCUT2D eigenvalue weighted by atomic mass is 10.0. The highest BCUT2D eigenvalue weighted by Gasteiger charge is 2.24. The van der Waals surface area contributed by atoms with Gasteiger partial charge in [0, 0.05) is 51.2 Å². The molecule has 212 valence electrons. The lowest BCUT2D eigenvalue weighted by Crippen LogP contribution is -2.48. The molecule has 1 atom stereocenters. The zero-order valence-corrected chi connectivity index (χ0v) is 25.2. The van der Waals surface area contributed by atoms with Crippen LogP contribution in [0, 0.1) is 11.3 Å². The van der Waals surface area contributed by atoms with E-state index < -0.39 is 0 Å². The number of aromatic nitrogens is 2. The van der Waals surface area contributed by atoms with E-state index in [2.05, 4.69) is 66.9 Å². The zero-order chi connectivity index (χ0) is 28.9. The van der Waals surface area contributed by atoms with E-state index in [1.807, 2.05) is 47.8 Å². The normalized spacial score (nSPS) is 14.1. The van der Waals surface area contributed by atoms with Crippen molar-refractivity contribution in [3.05, 3.63) is 127 Å². The van der Waals surface area contributed by atoms with Crippen LogP contribution < -0.4 is 10.2 Å². The third-order valence-electron chi connectivity index (χ3n) is 7.54. The van der Waals surface area contributed by atoms with Gasteiger partial charge in [0.15, 0.2) is 0 Å². The molecule has 0 bridgehead atoms. The zero-order valence-electron chi connectivity index (χ0n) is 22.8. The number of carbonyl (C=O) groups excluding carboxylic acids is 1. The van der Waals surface area contributed by atoms with Crippen LogP contribution in [0.5, 0.6) is 0 Å². The molecular weight excluding hydrogens is 584 g/mol. The Labute approximate surface area is 258 Å². The molecule has 4 heterocycles. The van der Waals surface area contributed by atoms with Crippen LogP contribution in [0.3, 0.4) is 0 Å². The quantitative estimate of drug-likeness (QED) is 0.208. The van der Waals surface area contributed by atoms with Gasteiger partial charge >= 0.3 is 0 Å². The molecule has 1 unspecified atom stereocenters. The fourth-order valence-corrected chi connectivity index (χ4v) is 6.92. The second kappa shape index (κ2) is 12.9. The van der Waals surface area contributed by atoms with Gasteiger partial charge in [-0.15, -0.1) is 11.3 Å². The predicted molar refractivity (Wildman–Crippen MR) is 169 cm³/mol. The van der Waals surface area contributed by atoms with Crippen LogP contribution in [0.1, 0.15) is 43.7 Å². The Bertz CT molecular complexity index is 1660. The molecule has 0 aliphatic carbocycles. The maximum atomic E-state index is 12.8. The Morgan fingerprint density at radius 3 is 2.45 bits per heavy atom. The standard InChI is InChI=1S/C32H29ClN6OS2/c33-30-10-9-29(42-30)32(40)38-14-12-37(13-15-38)27-7-5-25(6-8-27)31(26-11-16-41-21-26)36-19-28-18-35-22-39(28)20-24-3-1-23(17-34)2-4-24/h1-11,16,18,21-22,31,36H,12-15,19-20H2. The number of nitrogens with one attached hydrogen (secondary N) is 1. The Morgan fingerprint density at radius 1 is 1.00 bits per heavy atom. The van der Waals surface area contributed by atoms with Crippen molar-refractivity contribution >= 4 is 45.9 Å². The summed E-state index contributed by atoms with van der Waals surface area (Å²) in [6, 6.07) is 24.4. The number of rotatable bonds is 9. The molecule has 1 N–H and O–H groups in total. The minimum Gasteiger partial charge on any atom is -0.368 e. The van der Waals surface area contributed by atoms with Gasteiger partial charge < -0.3 is 19.7 Å². The summed E-state index contributed by atoms with van der Waals surface area (Å²) in [5.41, 5.74) is 6.46. The molecule has 1 fully saturated rings. The van der Waals surface area contributed by atoms with Gasteiger partial charge in [-0.1, -0.05) is 35.9 Å². The smallest absolute Gasteiger partial charge is 0.264 e. The van der Waals surface area contributed by atoms with E-state index in [1.54, 1.807) is 17.4 Å². The summed E-state index contributed by atoms with van der Waals surface area (Å²) in [4.78, 5) is 22.2. The largest absolute Gasteiger partial charge is 0.368 e. The molecule has 0 radical (unpaired) electrons. The Morgan fingerprint density at radius 2 is 1.79 bits per heavy atom. The lowest BCUT2D eigenvalue weighted by molar-refractivity contribution is 0.0751. The summed E-state index contributed by atoms with van der Waals surface area (Å²) in [7, 11) is 0. The van der Waals surface area contributed by atoms with Gasteiger partial charge in [0.2, 0.25) is 0 Å². The molecule has 7 nitrogen and oxygen atoms in total. The fraction of sp³-hybridized carbons (Fsp3) is 0.219. The minimum absolute atomic E-state index is 0.0376. The molecule has 3 aromatic heterocycles. The van der Waals surface area contributed by atoms with E-state index in [9.17, 15) is 4.79 Å². The van der Waals surface area contributed by atoms with Crippen LogP contribution in [0.25, 0.3) is 0 Å². The van der Waals surface area contributed by atoms with Crippen molar-refractivity contribution < 1.29 is 4.79 Å². The number of benzene rings is 2. The molecule has 0 spiro atoms. The average molecular weight is 613 g/mol. The van der Waals surface area contributed by atoms with Crippen LogP contribution in [0.2, 0.25) is 4.34 Å². The van der Waals surface area contributed by atoms with Crippen molar-refractivity contribution in [1.29, 1.82) is 5.26 Å². The third-order valence-corrected chi connectivity index (χ3v) is 9.46. The number of hydrogen-bond acceptors (Lipinski definition) is 7. The molecule has 1 aliphatic rings. The second-order valence-corrected chi connectivity index (χ2v) is 12.7.